The quantitative estimate of drug-likeness (QED) is 0.815. The van der Waals surface area contributed by atoms with Crippen LogP contribution >= 0.6 is 0 Å². The minimum absolute atomic E-state index is 0.207. The maximum atomic E-state index is 12.0. The molecule has 0 saturated carbocycles. The van der Waals surface area contributed by atoms with Gasteiger partial charge in [0, 0.05) is 25.8 Å². The Labute approximate surface area is 102 Å². The zero-order valence-electron chi connectivity index (χ0n) is 10.4. The van der Waals surface area contributed by atoms with Gasteiger partial charge in [0.1, 0.15) is 6.54 Å². The van der Waals surface area contributed by atoms with Crippen molar-refractivity contribution in [1.29, 1.82) is 0 Å². The van der Waals surface area contributed by atoms with Crippen molar-refractivity contribution in [3.05, 3.63) is 18.2 Å². The molecule has 0 aromatic carbocycles. The normalized spacial score (nSPS) is 15.5. The van der Waals surface area contributed by atoms with Gasteiger partial charge in [0.25, 0.3) is 0 Å². The van der Waals surface area contributed by atoms with Crippen molar-refractivity contribution in [1.82, 2.24) is 19.8 Å². The van der Waals surface area contributed by atoms with E-state index in [1.54, 1.807) is 6.33 Å². The van der Waals surface area contributed by atoms with Gasteiger partial charge in [-0.15, -0.1) is 0 Å². The molecule has 17 heavy (non-hydrogen) atoms. The predicted octanol–water partition coefficient (Wildman–Crippen LogP) is 0.615. The second-order valence-corrected chi connectivity index (χ2v) is 4.38. The smallest absolute Gasteiger partial charge is 0.242 e. The molecule has 0 spiro atoms. The molecule has 2 heterocycles. The number of rotatable bonds is 5. The molecule has 0 aliphatic carbocycles. The topological polar surface area (TPSA) is 50.2 Å². The van der Waals surface area contributed by atoms with E-state index in [1.165, 1.54) is 0 Å². The SMILES string of the molecule is CCNCc1cncn1CC(=O)N1CCCC1. The number of nitrogens with zero attached hydrogens (tertiary/aromatic N) is 3. The highest BCUT2D eigenvalue weighted by atomic mass is 16.2. The Morgan fingerprint density at radius 2 is 2.24 bits per heavy atom. The Kier molecular flexibility index (Phi) is 4.14. The fourth-order valence-electron chi connectivity index (χ4n) is 2.10. The summed E-state index contributed by atoms with van der Waals surface area (Å²) in [4.78, 5) is 18.0. The lowest BCUT2D eigenvalue weighted by atomic mass is 10.4. The largest absolute Gasteiger partial charge is 0.341 e. The summed E-state index contributed by atoms with van der Waals surface area (Å²) in [6.45, 7) is 6.00. The molecule has 5 nitrogen and oxygen atoms in total. The molecule has 94 valence electrons. The van der Waals surface area contributed by atoms with Crippen LogP contribution in [0.15, 0.2) is 12.5 Å². The molecule has 2 rings (SSSR count). The van der Waals surface area contributed by atoms with E-state index in [-0.39, 0.29) is 5.91 Å². The number of carbonyl (C=O) groups is 1. The molecule has 0 unspecified atom stereocenters. The van der Waals surface area contributed by atoms with Crippen molar-refractivity contribution in [3.63, 3.8) is 0 Å². The van der Waals surface area contributed by atoms with Gasteiger partial charge in [-0.25, -0.2) is 4.98 Å². The summed E-state index contributed by atoms with van der Waals surface area (Å²) in [6, 6.07) is 0. The molecular formula is C12H20N4O. The van der Waals surface area contributed by atoms with Crippen molar-refractivity contribution in [3.8, 4) is 0 Å². The van der Waals surface area contributed by atoms with E-state index in [4.69, 9.17) is 0 Å². The summed E-state index contributed by atoms with van der Waals surface area (Å²) in [6.07, 6.45) is 5.83. The molecule has 1 saturated heterocycles. The summed E-state index contributed by atoms with van der Waals surface area (Å²) >= 11 is 0. The zero-order chi connectivity index (χ0) is 12.1. The lowest BCUT2D eigenvalue weighted by Gasteiger charge is -2.16. The van der Waals surface area contributed by atoms with Gasteiger partial charge in [0.2, 0.25) is 5.91 Å². The third-order valence-electron chi connectivity index (χ3n) is 3.12. The summed E-state index contributed by atoms with van der Waals surface area (Å²) < 4.78 is 1.93. The van der Waals surface area contributed by atoms with E-state index in [9.17, 15) is 4.79 Å². The third kappa shape index (κ3) is 3.06. The molecule has 0 bridgehead atoms. The Morgan fingerprint density at radius 3 is 2.94 bits per heavy atom. The Balaban J connectivity index is 1.93. The van der Waals surface area contributed by atoms with Crippen LogP contribution in [0.3, 0.4) is 0 Å². The van der Waals surface area contributed by atoms with Crippen LogP contribution < -0.4 is 5.32 Å². The fraction of sp³-hybridized carbons (Fsp3) is 0.667. The highest BCUT2D eigenvalue weighted by Crippen LogP contribution is 2.09. The van der Waals surface area contributed by atoms with Gasteiger partial charge < -0.3 is 14.8 Å². The molecule has 1 aromatic rings. The minimum atomic E-state index is 0.207. The molecule has 1 aliphatic heterocycles. The maximum absolute atomic E-state index is 12.0. The standard InChI is InChI=1S/C12H20N4O/c1-2-13-7-11-8-14-10-16(11)9-12(17)15-5-3-4-6-15/h8,10,13H,2-7,9H2,1H3. The number of carbonyl (C=O) groups excluding carboxylic acids is 1. The number of aromatic nitrogens is 2. The summed E-state index contributed by atoms with van der Waals surface area (Å²) in [5, 5.41) is 3.25. The number of imidazole rings is 1. The van der Waals surface area contributed by atoms with Crippen molar-refractivity contribution in [2.24, 2.45) is 0 Å². The average Bonchev–Trinajstić information content (AvgIpc) is 2.97. The van der Waals surface area contributed by atoms with Gasteiger partial charge in [0.15, 0.2) is 0 Å². The van der Waals surface area contributed by atoms with Crippen LogP contribution in [-0.4, -0.2) is 40.0 Å². The number of hydrogen-bond donors (Lipinski definition) is 1. The Bertz CT molecular complexity index is 368. The molecule has 1 fully saturated rings. The van der Waals surface area contributed by atoms with Crippen LogP contribution in [0.5, 0.6) is 0 Å². The first kappa shape index (κ1) is 12.1. The highest BCUT2D eigenvalue weighted by Gasteiger charge is 2.18. The van der Waals surface area contributed by atoms with Crippen LogP contribution in [0.25, 0.3) is 0 Å². The van der Waals surface area contributed by atoms with Crippen molar-refractivity contribution in [2.45, 2.75) is 32.9 Å². The van der Waals surface area contributed by atoms with Gasteiger partial charge >= 0.3 is 0 Å². The summed E-state index contributed by atoms with van der Waals surface area (Å²) in [5.41, 5.74) is 1.07. The average molecular weight is 236 g/mol. The Morgan fingerprint density at radius 1 is 1.47 bits per heavy atom. The van der Waals surface area contributed by atoms with Crippen LogP contribution in [-0.2, 0) is 17.9 Å². The molecule has 0 atom stereocenters. The summed E-state index contributed by atoms with van der Waals surface area (Å²) in [5.74, 6) is 0.207. The van der Waals surface area contributed by atoms with E-state index in [1.807, 2.05) is 15.7 Å². The first-order chi connectivity index (χ1) is 8.31. The molecule has 0 radical (unpaired) electrons. The van der Waals surface area contributed by atoms with E-state index in [0.717, 1.165) is 44.7 Å². The predicted molar refractivity (Wildman–Crippen MR) is 65.4 cm³/mol. The molecule has 1 amide bonds. The van der Waals surface area contributed by atoms with Crippen molar-refractivity contribution in [2.75, 3.05) is 19.6 Å². The van der Waals surface area contributed by atoms with Gasteiger partial charge in [-0.2, -0.15) is 0 Å². The molecule has 1 aliphatic rings. The highest BCUT2D eigenvalue weighted by molar-refractivity contribution is 5.76. The third-order valence-corrected chi connectivity index (χ3v) is 3.12. The lowest BCUT2D eigenvalue weighted by Crippen LogP contribution is -2.31. The number of likely N-dealkylation sites (tertiary alicyclic amines) is 1. The van der Waals surface area contributed by atoms with Crippen LogP contribution in [0.4, 0.5) is 0 Å². The van der Waals surface area contributed by atoms with Crippen LogP contribution in [0.2, 0.25) is 0 Å². The lowest BCUT2D eigenvalue weighted by molar-refractivity contribution is -0.130. The molecular weight excluding hydrogens is 216 g/mol. The number of hydrogen-bond acceptors (Lipinski definition) is 3. The zero-order valence-corrected chi connectivity index (χ0v) is 10.4. The van der Waals surface area contributed by atoms with Crippen LogP contribution in [0.1, 0.15) is 25.5 Å². The second-order valence-electron chi connectivity index (χ2n) is 4.38. The van der Waals surface area contributed by atoms with Gasteiger partial charge in [0.05, 0.1) is 12.0 Å². The van der Waals surface area contributed by atoms with E-state index < -0.39 is 0 Å². The van der Waals surface area contributed by atoms with Crippen molar-refractivity contribution >= 4 is 5.91 Å². The van der Waals surface area contributed by atoms with Gasteiger partial charge in [-0.1, -0.05) is 6.92 Å². The molecule has 1 aromatic heterocycles. The Hall–Kier alpha value is -1.36. The van der Waals surface area contributed by atoms with Gasteiger partial charge in [-0.3, -0.25) is 4.79 Å². The number of amides is 1. The van der Waals surface area contributed by atoms with Gasteiger partial charge in [-0.05, 0) is 19.4 Å². The van der Waals surface area contributed by atoms with Crippen LogP contribution in [0, 0.1) is 0 Å². The minimum Gasteiger partial charge on any atom is -0.341 e. The van der Waals surface area contributed by atoms with E-state index in [0.29, 0.717) is 6.54 Å². The first-order valence-corrected chi connectivity index (χ1v) is 6.28. The molecule has 1 N–H and O–H groups in total. The monoisotopic (exact) mass is 236 g/mol. The molecule has 5 heteroatoms. The maximum Gasteiger partial charge on any atom is 0.242 e. The second kappa shape index (κ2) is 5.82. The van der Waals surface area contributed by atoms with E-state index in [2.05, 4.69) is 17.2 Å². The first-order valence-electron chi connectivity index (χ1n) is 6.28. The number of nitrogens with one attached hydrogen (secondary N) is 1. The summed E-state index contributed by atoms with van der Waals surface area (Å²) in [7, 11) is 0. The fourth-order valence-corrected chi connectivity index (χ4v) is 2.10. The van der Waals surface area contributed by atoms with Crippen molar-refractivity contribution < 1.29 is 4.79 Å². The van der Waals surface area contributed by atoms with E-state index >= 15 is 0 Å².